The van der Waals surface area contributed by atoms with E-state index >= 15 is 0 Å². The molecule has 2 atom stereocenters. The van der Waals surface area contributed by atoms with Gasteiger partial charge in [0.15, 0.2) is 0 Å². The molecule has 1 aromatic rings. The van der Waals surface area contributed by atoms with E-state index in [2.05, 4.69) is 4.74 Å². The highest BCUT2D eigenvalue weighted by Crippen LogP contribution is 2.40. The van der Waals surface area contributed by atoms with E-state index in [9.17, 15) is 13.2 Å². The third kappa shape index (κ3) is 2.00. The Morgan fingerprint density at radius 1 is 1.38 bits per heavy atom. The molecule has 5 heteroatoms. The van der Waals surface area contributed by atoms with E-state index in [4.69, 9.17) is 5.73 Å². The predicted molar refractivity (Wildman–Crippen MR) is 52.9 cm³/mol. The van der Waals surface area contributed by atoms with Crippen LogP contribution in [0.4, 0.5) is 13.2 Å². The summed E-state index contributed by atoms with van der Waals surface area (Å²) in [6, 6.07) is 4.42. The number of halogens is 3. The van der Waals surface area contributed by atoms with Crippen molar-refractivity contribution in [3.63, 3.8) is 0 Å². The Bertz CT molecular complexity index is 403. The fraction of sp³-hybridized carbons (Fsp3) is 0.455. The lowest BCUT2D eigenvalue weighted by Crippen LogP contribution is -2.18. The zero-order chi connectivity index (χ0) is 11.9. The molecule has 1 aliphatic carbocycles. The first-order chi connectivity index (χ1) is 7.38. The summed E-state index contributed by atoms with van der Waals surface area (Å²) < 4.78 is 40.4. The van der Waals surface area contributed by atoms with Crippen LogP contribution >= 0.6 is 0 Å². The van der Waals surface area contributed by atoms with Crippen molar-refractivity contribution in [2.45, 2.75) is 25.7 Å². The molecule has 0 heterocycles. The Balaban J connectivity index is 2.37. The van der Waals surface area contributed by atoms with Crippen LogP contribution in [0.15, 0.2) is 18.2 Å². The number of hydrogen-bond acceptors (Lipinski definition) is 2. The number of rotatable bonds is 1. The minimum absolute atomic E-state index is 0.121. The third-order valence-electron chi connectivity index (χ3n) is 2.89. The van der Waals surface area contributed by atoms with Crippen molar-refractivity contribution < 1.29 is 17.9 Å². The fourth-order valence-corrected chi connectivity index (χ4v) is 2.09. The van der Waals surface area contributed by atoms with Crippen LogP contribution in [-0.2, 0) is 6.42 Å². The normalized spacial score (nSPS) is 24.3. The van der Waals surface area contributed by atoms with E-state index < -0.39 is 6.36 Å². The van der Waals surface area contributed by atoms with Gasteiger partial charge in [0.05, 0.1) is 0 Å². The lowest BCUT2D eigenvalue weighted by molar-refractivity contribution is -0.274. The van der Waals surface area contributed by atoms with E-state index in [1.54, 1.807) is 6.07 Å². The van der Waals surface area contributed by atoms with Gasteiger partial charge in [-0.25, -0.2) is 0 Å². The molecule has 1 aliphatic rings. The van der Waals surface area contributed by atoms with E-state index in [0.29, 0.717) is 12.0 Å². The second-order valence-corrected chi connectivity index (χ2v) is 4.08. The van der Waals surface area contributed by atoms with Gasteiger partial charge < -0.3 is 10.5 Å². The largest absolute Gasteiger partial charge is 0.573 e. The molecule has 0 radical (unpaired) electrons. The minimum atomic E-state index is -4.65. The van der Waals surface area contributed by atoms with Crippen molar-refractivity contribution in [2.24, 2.45) is 11.7 Å². The average Bonchev–Trinajstić information content (AvgIpc) is 2.43. The maximum Gasteiger partial charge on any atom is 0.573 e. The molecule has 0 aliphatic heterocycles. The Morgan fingerprint density at radius 2 is 2.06 bits per heavy atom. The number of hydrogen-bond donors (Lipinski definition) is 1. The molecule has 16 heavy (non-hydrogen) atoms. The molecule has 2 unspecified atom stereocenters. The number of fused-ring (bicyclic) bond motifs is 1. The maximum absolute atomic E-state index is 12.2. The van der Waals surface area contributed by atoms with Crippen molar-refractivity contribution in [2.75, 3.05) is 0 Å². The van der Waals surface area contributed by atoms with Gasteiger partial charge in [0.2, 0.25) is 0 Å². The van der Waals surface area contributed by atoms with Crippen molar-refractivity contribution in [3.8, 4) is 5.75 Å². The zero-order valence-electron chi connectivity index (χ0n) is 8.71. The summed E-state index contributed by atoms with van der Waals surface area (Å²) in [7, 11) is 0. The fourth-order valence-electron chi connectivity index (χ4n) is 2.09. The molecular weight excluding hydrogens is 219 g/mol. The number of alkyl halides is 3. The summed E-state index contributed by atoms with van der Waals surface area (Å²) in [6.45, 7) is 1.92. The van der Waals surface area contributed by atoms with Crippen molar-refractivity contribution >= 4 is 0 Å². The zero-order valence-corrected chi connectivity index (χ0v) is 8.71. The maximum atomic E-state index is 12.2. The molecule has 0 saturated heterocycles. The molecule has 0 bridgehead atoms. The van der Waals surface area contributed by atoms with Crippen LogP contribution in [0.1, 0.15) is 24.1 Å². The Morgan fingerprint density at radius 3 is 2.69 bits per heavy atom. The highest BCUT2D eigenvalue weighted by Gasteiger charge is 2.35. The molecule has 2 nitrogen and oxygen atoms in total. The SMILES string of the molecule is CC1Cc2c(OC(F)(F)F)cccc2C1N. The number of benzene rings is 1. The highest BCUT2D eigenvalue weighted by molar-refractivity contribution is 5.45. The summed E-state index contributed by atoms with van der Waals surface area (Å²) in [6.07, 6.45) is -4.12. The first-order valence-electron chi connectivity index (χ1n) is 5.01. The van der Waals surface area contributed by atoms with E-state index in [-0.39, 0.29) is 17.7 Å². The lowest BCUT2D eigenvalue weighted by atomic mass is 10.0. The molecule has 0 fully saturated rings. The molecule has 0 aromatic heterocycles. The summed E-state index contributed by atoms with van der Waals surface area (Å²) in [5, 5.41) is 0. The molecule has 88 valence electrons. The Labute approximate surface area is 91.2 Å². The molecule has 0 saturated carbocycles. The van der Waals surface area contributed by atoms with Crippen LogP contribution in [0, 0.1) is 5.92 Å². The average molecular weight is 231 g/mol. The van der Waals surface area contributed by atoms with Gasteiger partial charge in [-0.3, -0.25) is 0 Å². The van der Waals surface area contributed by atoms with Gasteiger partial charge in [0, 0.05) is 6.04 Å². The monoisotopic (exact) mass is 231 g/mol. The van der Waals surface area contributed by atoms with Gasteiger partial charge in [-0.2, -0.15) is 0 Å². The standard InChI is InChI=1S/C11H12F3NO/c1-6-5-8-7(10(6)15)3-2-4-9(8)16-11(12,13)14/h2-4,6,10H,5,15H2,1H3. The summed E-state index contributed by atoms with van der Waals surface area (Å²) in [5.74, 6) is 0.0257. The molecule has 0 spiro atoms. The smallest absolute Gasteiger partial charge is 0.405 e. The molecule has 2 N–H and O–H groups in total. The Hall–Kier alpha value is -1.23. The highest BCUT2D eigenvalue weighted by atomic mass is 19.4. The lowest BCUT2D eigenvalue weighted by Gasteiger charge is -2.13. The Kier molecular flexibility index (Phi) is 2.58. The summed E-state index contributed by atoms with van der Waals surface area (Å²) >= 11 is 0. The van der Waals surface area contributed by atoms with Crippen LogP contribution in [-0.4, -0.2) is 6.36 Å². The summed E-state index contributed by atoms with van der Waals surface area (Å²) in [4.78, 5) is 0. The van der Waals surface area contributed by atoms with E-state index in [0.717, 1.165) is 5.56 Å². The minimum Gasteiger partial charge on any atom is -0.405 e. The molecule has 0 amide bonds. The van der Waals surface area contributed by atoms with Crippen molar-refractivity contribution in [3.05, 3.63) is 29.3 Å². The van der Waals surface area contributed by atoms with Crippen molar-refractivity contribution in [1.29, 1.82) is 0 Å². The van der Waals surface area contributed by atoms with Crippen LogP contribution in [0.2, 0.25) is 0 Å². The van der Waals surface area contributed by atoms with E-state index in [1.807, 2.05) is 6.92 Å². The second-order valence-electron chi connectivity index (χ2n) is 4.08. The third-order valence-corrected chi connectivity index (χ3v) is 2.89. The van der Waals surface area contributed by atoms with Gasteiger partial charge >= 0.3 is 6.36 Å². The predicted octanol–water partition coefficient (Wildman–Crippen LogP) is 2.78. The van der Waals surface area contributed by atoms with Crippen LogP contribution < -0.4 is 10.5 Å². The molecular formula is C11H12F3NO. The molecule has 1 aromatic carbocycles. The number of ether oxygens (including phenoxy) is 1. The van der Waals surface area contributed by atoms with Gasteiger partial charge in [-0.1, -0.05) is 19.1 Å². The van der Waals surface area contributed by atoms with Gasteiger partial charge in [-0.05, 0) is 29.5 Å². The summed E-state index contributed by atoms with van der Waals surface area (Å²) in [5.41, 5.74) is 7.23. The first-order valence-corrected chi connectivity index (χ1v) is 5.01. The second kappa shape index (κ2) is 3.66. The van der Waals surface area contributed by atoms with Gasteiger partial charge in [-0.15, -0.1) is 13.2 Å². The number of nitrogens with two attached hydrogens (primary N) is 1. The van der Waals surface area contributed by atoms with Crippen molar-refractivity contribution in [1.82, 2.24) is 0 Å². The van der Waals surface area contributed by atoms with Gasteiger partial charge in [0.25, 0.3) is 0 Å². The van der Waals surface area contributed by atoms with Crippen LogP contribution in [0.3, 0.4) is 0 Å². The van der Waals surface area contributed by atoms with Gasteiger partial charge in [0.1, 0.15) is 5.75 Å². The van der Waals surface area contributed by atoms with E-state index in [1.165, 1.54) is 12.1 Å². The van der Waals surface area contributed by atoms with Crippen LogP contribution in [0.5, 0.6) is 5.75 Å². The molecule has 2 rings (SSSR count). The van der Waals surface area contributed by atoms with Crippen LogP contribution in [0.25, 0.3) is 0 Å². The topological polar surface area (TPSA) is 35.2 Å². The quantitative estimate of drug-likeness (QED) is 0.806. The first kappa shape index (κ1) is 11.3.